The number of amides is 1. The SMILES string of the molecule is CCC(C)SCc1ccc(C(=O)NN)s1. The van der Waals surface area contributed by atoms with Crippen LogP contribution < -0.4 is 11.3 Å². The molecule has 0 radical (unpaired) electrons. The largest absolute Gasteiger partial charge is 0.289 e. The number of hydrogen-bond donors (Lipinski definition) is 2. The Balaban J connectivity index is 2.49. The fraction of sp³-hybridized carbons (Fsp3) is 0.500. The third-order valence-electron chi connectivity index (χ3n) is 2.10. The Kier molecular flexibility index (Phi) is 5.14. The lowest BCUT2D eigenvalue weighted by Gasteiger charge is -2.05. The molecule has 0 fully saturated rings. The molecule has 0 bridgehead atoms. The molecule has 0 aromatic carbocycles. The number of carbonyl (C=O) groups excluding carboxylic acids is 1. The Morgan fingerprint density at radius 1 is 1.67 bits per heavy atom. The molecule has 0 aliphatic heterocycles. The average Bonchev–Trinajstić information content (AvgIpc) is 2.73. The summed E-state index contributed by atoms with van der Waals surface area (Å²) in [6.45, 7) is 4.39. The van der Waals surface area contributed by atoms with Gasteiger partial charge in [-0.1, -0.05) is 13.8 Å². The van der Waals surface area contributed by atoms with Gasteiger partial charge < -0.3 is 0 Å². The molecule has 1 aromatic rings. The van der Waals surface area contributed by atoms with E-state index in [1.807, 2.05) is 23.9 Å². The smallest absolute Gasteiger partial charge is 0.275 e. The number of nitrogen functional groups attached to an aromatic ring is 1. The first-order valence-corrected chi connectivity index (χ1v) is 6.75. The summed E-state index contributed by atoms with van der Waals surface area (Å²) in [6, 6.07) is 3.81. The van der Waals surface area contributed by atoms with Gasteiger partial charge in [-0.2, -0.15) is 11.8 Å². The number of nitrogens with two attached hydrogens (primary N) is 1. The summed E-state index contributed by atoms with van der Waals surface area (Å²) >= 11 is 3.41. The maximum atomic E-state index is 11.2. The van der Waals surface area contributed by atoms with Gasteiger partial charge in [0.05, 0.1) is 4.88 Å². The summed E-state index contributed by atoms with van der Waals surface area (Å²) in [5.74, 6) is 5.82. The number of rotatable bonds is 5. The zero-order valence-electron chi connectivity index (χ0n) is 8.95. The second-order valence-corrected chi connectivity index (χ2v) is 5.86. The summed E-state index contributed by atoms with van der Waals surface area (Å²) in [6.07, 6.45) is 1.17. The number of hydrazine groups is 1. The number of thioether (sulfide) groups is 1. The molecular formula is C10H16N2OS2. The zero-order valence-corrected chi connectivity index (χ0v) is 10.6. The van der Waals surface area contributed by atoms with E-state index >= 15 is 0 Å². The molecule has 0 saturated heterocycles. The first kappa shape index (κ1) is 12.5. The van der Waals surface area contributed by atoms with E-state index in [0.717, 1.165) is 5.75 Å². The summed E-state index contributed by atoms with van der Waals surface area (Å²) < 4.78 is 0. The molecule has 1 unspecified atom stereocenters. The van der Waals surface area contributed by atoms with Gasteiger partial charge in [0.2, 0.25) is 0 Å². The molecule has 1 heterocycles. The summed E-state index contributed by atoms with van der Waals surface area (Å²) in [5, 5.41) is 0.666. The van der Waals surface area contributed by atoms with Crippen molar-refractivity contribution in [3.8, 4) is 0 Å². The van der Waals surface area contributed by atoms with E-state index in [-0.39, 0.29) is 5.91 Å². The quantitative estimate of drug-likeness (QED) is 0.475. The van der Waals surface area contributed by atoms with Crippen LogP contribution in [0, 0.1) is 0 Å². The normalized spacial score (nSPS) is 12.5. The lowest BCUT2D eigenvalue weighted by Crippen LogP contribution is -2.29. The van der Waals surface area contributed by atoms with Crippen molar-refractivity contribution in [1.29, 1.82) is 0 Å². The van der Waals surface area contributed by atoms with Crippen molar-refractivity contribution in [3.63, 3.8) is 0 Å². The molecule has 84 valence electrons. The highest BCUT2D eigenvalue weighted by Crippen LogP contribution is 2.24. The van der Waals surface area contributed by atoms with Gasteiger partial charge >= 0.3 is 0 Å². The highest BCUT2D eigenvalue weighted by molar-refractivity contribution is 7.99. The van der Waals surface area contributed by atoms with Gasteiger partial charge in [-0.3, -0.25) is 10.2 Å². The lowest BCUT2D eigenvalue weighted by molar-refractivity contribution is 0.0957. The minimum absolute atomic E-state index is 0.209. The van der Waals surface area contributed by atoms with Crippen molar-refractivity contribution in [2.75, 3.05) is 0 Å². The van der Waals surface area contributed by atoms with Crippen LogP contribution in [-0.4, -0.2) is 11.2 Å². The monoisotopic (exact) mass is 244 g/mol. The lowest BCUT2D eigenvalue weighted by atomic mass is 10.4. The van der Waals surface area contributed by atoms with Crippen LogP contribution in [0.25, 0.3) is 0 Å². The summed E-state index contributed by atoms with van der Waals surface area (Å²) in [4.78, 5) is 13.1. The third-order valence-corrected chi connectivity index (χ3v) is 4.75. The van der Waals surface area contributed by atoms with Crippen molar-refractivity contribution in [2.45, 2.75) is 31.3 Å². The van der Waals surface area contributed by atoms with E-state index < -0.39 is 0 Å². The second-order valence-electron chi connectivity index (χ2n) is 3.27. The predicted molar refractivity (Wildman–Crippen MR) is 67.0 cm³/mol. The van der Waals surface area contributed by atoms with E-state index in [0.29, 0.717) is 10.1 Å². The van der Waals surface area contributed by atoms with Gasteiger partial charge in [0.25, 0.3) is 5.91 Å². The second kappa shape index (κ2) is 6.15. The Morgan fingerprint density at radius 3 is 3.00 bits per heavy atom. The molecule has 3 nitrogen and oxygen atoms in total. The molecule has 0 saturated carbocycles. The van der Waals surface area contributed by atoms with Crippen LogP contribution in [0.3, 0.4) is 0 Å². The average molecular weight is 244 g/mol. The fourth-order valence-electron chi connectivity index (χ4n) is 0.991. The molecule has 3 N–H and O–H groups in total. The molecule has 0 aliphatic rings. The molecule has 1 rings (SSSR count). The van der Waals surface area contributed by atoms with Crippen molar-refractivity contribution < 1.29 is 4.79 Å². The van der Waals surface area contributed by atoms with Crippen LogP contribution in [0.5, 0.6) is 0 Å². The minimum Gasteiger partial charge on any atom is -0.289 e. The highest BCUT2D eigenvalue weighted by atomic mass is 32.2. The first-order valence-electron chi connectivity index (χ1n) is 4.88. The van der Waals surface area contributed by atoms with E-state index in [2.05, 4.69) is 19.3 Å². The summed E-state index contributed by atoms with van der Waals surface area (Å²) in [7, 11) is 0. The van der Waals surface area contributed by atoms with Crippen LogP contribution >= 0.6 is 23.1 Å². The van der Waals surface area contributed by atoms with Gasteiger partial charge in [-0.05, 0) is 18.6 Å². The Bertz CT molecular complexity index is 325. The van der Waals surface area contributed by atoms with Crippen LogP contribution in [0.15, 0.2) is 12.1 Å². The van der Waals surface area contributed by atoms with Crippen LogP contribution in [0.1, 0.15) is 34.8 Å². The number of hydrogen-bond acceptors (Lipinski definition) is 4. The van der Waals surface area contributed by atoms with Crippen molar-refractivity contribution in [1.82, 2.24) is 5.43 Å². The Labute approximate surface area is 98.4 Å². The van der Waals surface area contributed by atoms with Crippen molar-refractivity contribution >= 4 is 29.0 Å². The molecule has 0 aliphatic carbocycles. The maximum absolute atomic E-state index is 11.2. The summed E-state index contributed by atoms with van der Waals surface area (Å²) in [5.41, 5.74) is 2.14. The highest BCUT2D eigenvalue weighted by Gasteiger charge is 2.08. The van der Waals surface area contributed by atoms with E-state index in [9.17, 15) is 4.79 Å². The molecular weight excluding hydrogens is 228 g/mol. The zero-order chi connectivity index (χ0) is 11.3. The van der Waals surface area contributed by atoms with E-state index in [4.69, 9.17) is 5.84 Å². The van der Waals surface area contributed by atoms with Gasteiger partial charge in [0.1, 0.15) is 0 Å². The van der Waals surface area contributed by atoms with Crippen molar-refractivity contribution in [3.05, 3.63) is 21.9 Å². The van der Waals surface area contributed by atoms with Gasteiger partial charge in [-0.15, -0.1) is 11.3 Å². The van der Waals surface area contributed by atoms with E-state index in [1.165, 1.54) is 22.6 Å². The minimum atomic E-state index is -0.209. The van der Waals surface area contributed by atoms with Crippen LogP contribution in [0.2, 0.25) is 0 Å². The Morgan fingerprint density at radius 2 is 2.40 bits per heavy atom. The van der Waals surface area contributed by atoms with Gasteiger partial charge in [0, 0.05) is 15.9 Å². The fourth-order valence-corrected chi connectivity index (χ4v) is 2.92. The molecule has 1 amide bonds. The number of nitrogens with one attached hydrogen (secondary N) is 1. The van der Waals surface area contributed by atoms with Crippen LogP contribution in [-0.2, 0) is 5.75 Å². The maximum Gasteiger partial charge on any atom is 0.275 e. The van der Waals surface area contributed by atoms with Crippen molar-refractivity contribution in [2.24, 2.45) is 5.84 Å². The third kappa shape index (κ3) is 3.85. The standard InChI is InChI=1S/C10H16N2OS2/c1-3-7(2)14-6-8-4-5-9(15-8)10(13)12-11/h4-5,7H,3,6,11H2,1-2H3,(H,12,13). The predicted octanol–water partition coefficient (Wildman–Crippen LogP) is 2.38. The topological polar surface area (TPSA) is 55.1 Å². The molecule has 1 aromatic heterocycles. The van der Waals surface area contributed by atoms with Gasteiger partial charge in [-0.25, -0.2) is 5.84 Å². The van der Waals surface area contributed by atoms with Gasteiger partial charge in [0.15, 0.2) is 0 Å². The molecule has 0 spiro atoms. The van der Waals surface area contributed by atoms with E-state index in [1.54, 1.807) is 0 Å². The van der Waals surface area contributed by atoms with Crippen LogP contribution in [0.4, 0.5) is 0 Å². The molecule has 5 heteroatoms. The Hall–Kier alpha value is -0.520. The first-order chi connectivity index (χ1) is 7.17. The molecule has 1 atom stereocenters. The molecule has 15 heavy (non-hydrogen) atoms. The number of thiophene rings is 1. The number of carbonyl (C=O) groups is 1.